The molecule has 0 saturated carbocycles. The van der Waals surface area contributed by atoms with Crippen molar-refractivity contribution >= 4 is 17.5 Å². The van der Waals surface area contributed by atoms with Crippen LogP contribution < -0.4 is 0 Å². The van der Waals surface area contributed by atoms with Crippen molar-refractivity contribution in [3.8, 4) is 0 Å². The largest absolute Gasteiger partial charge is 0.330 e. The fraction of sp³-hybridized carbons (Fsp3) is 0.182. The normalized spacial score (nSPS) is 9.56. The zero-order valence-corrected chi connectivity index (χ0v) is 9.52. The summed E-state index contributed by atoms with van der Waals surface area (Å²) in [7, 11) is 0. The zero-order chi connectivity index (χ0) is 12.0. The Morgan fingerprint density at radius 3 is 2.38 bits per heavy atom. The molecule has 1 rings (SSSR count). The van der Waals surface area contributed by atoms with E-state index in [9.17, 15) is 4.79 Å². The first-order valence-corrected chi connectivity index (χ1v) is 5.07. The Hall–Kier alpha value is -1.68. The summed E-state index contributed by atoms with van der Waals surface area (Å²) in [5.41, 5.74) is 0.258. The number of halogens is 1. The van der Waals surface area contributed by atoms with E-state index in [0.717, 1.165) is 0 Å². The molecule has 0 aliphatic carbocycles. The summed E-state index contributed by atoms with van der Waals surface area (Å²) in [6, 6.07) is 3.07. The molecule has 0 radical (unpaired) electrons. The van der Waals surface area contributed by atoms with Crippen LogP contribution in [-0.2, 0) is 0 Å². The number of rotatable bonds is 5. The van der Waals surface area contributed by atoms with Crippen LogP contribution in [-0.4, -0.2) is 34.1 Å². The van der Waals surface area contributed by atoms with Gasteiger partial charge in [-0.1, -0.05) is 23.8 Å². The molecule has 1 aromatic rings. The molecule has 0 unspecified atom stereocenters. The van der Waals surface area contributed by atoms with Crippen LogP contribution in [0.3, 0.4) is 0 Å². The molecular weight excluding hydrogens is 226 g/mol. The maximum atomic E-state index is 11.9. The van der Waals surface area contributed by atoms with Crippen molar-refractivity contribution in [1.82, 2.24) is 15.1 Å². The molecule has 0 N–H and O–H groups in total. The van der Waals surface area contributed by atoms with Crippen molar-refractivity contribution in [2.75, 3.05) is 13.1 Å². The Labute approximate surface area is 99.2 Å². The van der Waals surface area contributed by atoms with Crippen LogP contribution in [0.25, 0.3) is 0 Å². The number of hydrogen-bond donors (Lipinski definition) is 0. The molecular formula is C11H12ClN3O. The summed E-state index contributed by atoms with van der Waals surface area (Å²) in [5.74, 6) is -0.219. The molecule has 1 amide bonds. The zero-order valence-electron chi connectivity index (χ0n) is 8.77. The maximum absolute atomic E-state index is 11.9. The monoisotopic (exact) mass is 237 g/mol. The third kappa shape index (κ3) is 3.17. The molecule has 1 aromatic heterocycles. The van der Waals surface area contributed by atoms with Crippen molar-refractivity contribution in [2.24, 2.45) is 0 Å². The Bertz CT molecular complexity index is 379. The fourth-order valence-corrected chi connectivity index (χ4v) is 1.24. The van der Waals surface area contributed by atoms with E-state index in [2.05, 4.69) is 23.4 Å². The molecule has 0 aromatic carbocycles. The number of aromatic nitrogens is 2. The second kappa shape index (κ2) is 6.02. The van der Waals surface area contributed by atoms with Crippen LogP contribution in [0.2, 0.25) is 5.15 Å². The van der Waals surface area contributed by atoms with Gasteiger partial charge in [-0.3, -0.25) is 4.79 Å². The Morgan fingerprint density at radius 1 is 1.31 bits per heavy atom. The first-order valence-electron chi connectivity index (χ1n) is 4.69. The van der Waals surface area contributed by atoms with Gasteiger partial charge in [0.15, 0.2) is 10.8 Å². The number of amides is 1. The van der Waals surface area contributed by atoms with Crippen LogP contribution in [0, 0.1) is 0 Å². The van der Waals surface area contributed by atoms with Crippen molar-refractivity contribution in [2.45, 2.75) is 0 Å². The molecule has 5 heteroatoms. The summed E-state index contributed by atoms with van der Waals surface area (Å²) in [6.07, 6.45) is 3.29. The van der Waals surface area contributed by atoms with Gasteiger partial charge in [-0.2, -0.15) is 0 Å². The van der Waals surface area contributed by atoms with Crippen LogP contribution in [0.5, 0.6) is 0 Å². The predicted octanol–water partition coefficient (Wildman–Crippen LogP) is 1.94. The Morgan fingerprint density at radius 2 is 1.94 bits per heavy atom. The van der Waals surface area contributed by atoms with Crippen molar-refractivity contribution in [3.63, 3.8) is 0 Å². The minimum absolute atomic E-state index is 0.219. The lowest BCUT2D eigenvalue weighted by atomic mass is 10.3. The molecule has 0 aliphatic rings. The van der Waals surface area contributed by atoms with E-state index in [1.165, 1.54) is 12.1 Å². The summed E-state index contributed by atoms with van der Waals surface area (Å²) < 4.78 is 0. The SMILES string of the molecule is C=CCN(CC=C)C(=O)c1ccc(Cl)nn1. The van der Waals surface area contributed by atoms with E-state index in [-0.39, 0.29) is 16.8 Å². The summed E-state index contributed by atoms with van der Waals surface area (Å²) >= 11 is 5.59. The summed E-state index contributed by atoms with van der Waals surface area (Å²) in [6.45, 7) is 8.05. The first kappa shape index (κ1) is 12.4. The van der Waals surface area contributed by atoms with E-state index in [0.29, 0.717) is 13.1 Å². The second-order valence-electron chi connectivity index (χ2n) is 3.03. The minimum atomic E-state index is -0.219. The Kier molecular flexibility index (Phi) is 4.66. The number of carbonyl (C=O) groups excluding carboxylic acids is 1. The van der Waals surface area contributed by atoms with Crippen LogP contribution in [0.15, 0.2) is 37.4 Å². The molecule has 1 heterocycles. The van der Waals surface area contributed by atoms with Crippen molar-refractivity contribution in [1.29, 1.82) is 0 Å². The summed E-state index contributed by atoms with van der Waals surface area (Å²) in [5, 5.41) is 7.60. The van der Waals surface area contributed by atoms with Crippen LogP contribution in [0.4, 0.5) is 0 Å². The van der Waals surface area contributed by atoms with Gasteiger partial charge in [-0.15, -0.1) is 23.4 Å². The van der Waals surface area contributed by atoms with E-state index in [1.807, 2.05) is 0 Å². The van der Waals surface area contributed by atoms with Crippen molar-refractivity contribution < 1.29 is 4.79 Å². The molecule has 0 atom stereocenters. The highest BCUT2D eigenvalue weighted by Gasteiger charge is 2.14. The predicted molar refractivity (Wildman–Crippen MR) is 63.3 cm³/mol. The van der Waals surface area contributed by atoms with Gasteiger partial charge in [0.25, 0.3) is 5.91 Å². The maximum Gasteiger partial charge on any atom is 0.274 e. The molecule has 16 heavy (non-hydrogen) atoms. The number of hydrogen-bond acceptors (Lipinski definition) is 3. The molecule has 0 aliphatic heterocycles. The summed E-state index contributed by atoms with van der Waals surface area (Å²) in [4.78, 5) is 13.5. The third-order valence-corrected chi connectivity index (χ3v) is 2.04. The first-order chi connectivity index (χ1) is 7.69. The number of carbonyl (C=O) groups is 1. The molecule has 0 spiro atoms. The lowest BCUT2D eigenvalue weighted by Crippen LogP contribution is -2.32. The van der Waals surface area contributed by atoms with Crippen LogP contribution >= 0.6 is 11.6 Å². The van der Waals surface area contributed by atoms with Gasteiger partial charge in [0, 0.05) is 13.1 Å². The second-order valence-corrected chi connectivity index (χ2v) is 3.42. The van der Waals surface area contributed by atoms with Gasteiger partial charge >= 0.3 is 0 Å². The third-order valence-electron chi connectivity index (χ3n) is 1.84. The molecule has 4 nitrogen and oxygen atoms in total. The average Bonchev–Trinajstić information content (AvgIpc) is 2.29. The van der Waals surface area contributed by atoms with Gasteiger partial charge < -0.3 is 4.90 Å². The highest BCUT2D eigenvalue weighted by molar-refractivity contribution is 6.29. The standard InChI is InChI=1S/C11H12ClN3O/c1-3-7-15(8-4-2)11(16)9-5-6-10(12)14-13-9/h3-6H,1-2,7-8H2. The van der Waals surface area contributed by atoms with Crippen molar-refractivity contribution in [3.05, 3.63) is 48.3 Å². The van der Waals surface area contributed by atoms with Gasteiger partial charge in [-0.05, 0) is 12.1 Å². The van der Waals surface area contributed by atoms with E-state index in [4.69, 9.17) is 11.6 Å². The van der Waals surface area contributed by atoms with E-state index in [1.54, 1.807) is 17.1 Å². The molecule has 84 valence electrons. The van der Waals surface area contributed by atoms with E-state index < -0.39 is 0 Å². The topological polar surface area (TPSA) is 46.1 Å². The van der Waals surface area contributed by atoms with Gasteiger partial charge in [0.05, 0.1) is 0 Å². The van der Waals surface area contributed by atoms with Crippen LogP contribution in [0.1, 0.15) is 10.5 Å². The lowest BCUT2D eigenvalue weighted by molar-refractivity contribution is 0.0784. The highest BCUT2D eigenvalue weighted by atomic mass is 35.5. The van der Waals surface area contributed by atoms with Gasteiger partial charge in [0.1, 0.15) is 0 Å². The van der Waals surface area contributed by atoms with Gasteiger partial charge in [-0.25, -0.2) is 0 Å². The molecule has 0 saturated heterocycles. The minimum Gasteiger partial charge on any atom is -0.330 e. The molecule has 0 fully saturated rings. The smallest absolute Gasteiger partial charge is 0.274 e. The Balaban J connectivity index is 2.84. The number of nitrogens with zero attached hydrogens (tertiary/aromatic N) is 3. The highest BCUT2D eigenvalue weighted by Crippen LogP contribution is 2.05. The lowest BCUT2D eigenvalue weighted by Gasteiger charge is -2.18. The van der Waals surface area contributed by atoms with Gasteiger partial charge in [0.2, 0.25) is 0 Å². The quantitative estimate of drug-likeness (QED) is 0.736. The molecule has 0 bridgehead atoms. The fourth-order valence-electron chi connectivity index (χ4n) is 1.14. The van der Waals surface area contributed by atoms with E-state index >= 15 is 0 Å². The average molecular weight is 238 g/mol.